The lowest BCUT2D eigenvalue weighted by atomic mass is 10.1. The largest absolute Gasteiger partial charge is 0.449 e. The molecule has 0 radical (unpaired) electrons. The summed E-state index contributed by atoms with van der Waals surface area (Å²) in [6.45, 7) is 7.74. The van der Waals surface area contributed by atoms with E-state index in [0.717, 1.165) is 5.56 Å². The smallest absolute Gasteiger partial charge is 0.338 e. The third-order valence-corrected chi connectivity index (χ3v) is 7.03. The van der Waals surface area contributed by atoms with Gasteiger partial charge in [0, 0.05) is 12.6 Å². The van der Waals surface area contributed by atoms with Crippen molar-refractivity contribution in [3.8, 4) is 0 Å². The lowest BCUT2D eigenvalue weighted by molar-refractivity contribution is -0.129. The Kier molecular flexibility index (Phi) is 6.69. The molecule has 0 saturated carbocycles. The number of nitrogens with one attached hydrogen (secondary N) is 1. The summed E-state index contributed by atoms with van der Waals surface area (Å²) in [6.07, 6.45) is -0.364. The fourth-order valence-corrected chi connectivity index (χ4v) is 5.27. The summed E-state index contributed by atoms with van der Waals surface area (Å²) >= 11 is 0. The minimum absolute atomic E-state index is 0.00224. The van der Waals surface area contributed by atoms with Crippen LogP contribution in [-0.2, 0) is 26.0 Å². The molecule has 0 aromatic heterocycles. The highest BCUT2D eigenvalue weighted by atomic mass is 32.2. The first-order valence-corrected chi connectivity index (χ1v) is 11.8. The molecule has 2 aromatic carbocycles. The molecule has 0 saturated heterocycles. The molecule has 0 fully saturated rings. The van der Waals surface area contributed by atoms with Gasteiger partial charge in [0.15, 0.2) is 6.10 Å². The van der Waals surface area contributed by atoms with Crippen LogP contribution in [0.25, 0.3) is 0 Å². The van der Waals surface area contributed by atoms with E-state index in [9.17, 15) is 18.0 Å². The van der Waals surface area contributed by atoms with Gasteiger partial charge in [-0.2, -0.15) is 0 Å². The van der Waals surface area contributed by atoms with Gasteiger partial charge in [-0.3, -0.25) is 9.10 Å². The number of fused-ring (bicyclic) bond motifs is 1. The summed E-state index contributed by atoms with van der Waals surface area (Å²) in [5.74, 6) is -0.876. The number of hydrogen-bond acceptors (Lipinski definition) is 5. The topological polar surface area (TPSA) is 92.8 Å². The molecule has 8 heteroatoms. The molecule has 1 heterocycles. The molecule has 2 atom stereocenters. The molecule has 2 unspecified atom stereocenters. The zero-order chi connectivity index (χ0) is 22.8. The quantitative estimate of drug-likeness (QED) is 0.663. The third kappa shape index (κ3) is 4.90. The van der Waals surface area contributed by atoms with Gasteiger partial charge in [0.05, 0.1) is 16.1 Å². The van der Waals surface area contributed by atoms with E-state index in [4.69, 9.17) is 4.74 Å². The van der Waals surface area contributed by atoms with Crippen LogP contribution in [-0.4, -0.2) is 39.0 Å². The number of amides is 1. The molecular weight excluding hydrogens is 416 g/mol. The van der Waals surface area contributed by atoms with Crippen LogP contribution in [0.4, 0.5) is 5.69 Å². The van der Waals surface area contributed by atoms with Gasteiger partial charge in [-0.05, 0) is 56.0 Å². The maximum Gasteiger partial charge on any atom is 0.338 e. The predicted octanol–water partition coefficient (Wildman–Crippen LogP) is 3.14. The molecule has 2 aromatic rings. The summed E-state index contributed by atoms with van der Waals surface area (Å²) in [6, 6.07) is 12.9. The Bertz CT molecular complexity index is 1080. The molecule has 0 bridgehead atoms. The Morgan fingerprint density at radius 1 is 1.13 bits per heavy atom. The van der Waals surface area contributed by atoms with Crippen molar-refractivity contribution in [1.82, 2.24) is 5.32 Å². The second-order valence-corrected chi connectivity index (χ2v) is 10.0. The Morgan fingerprint density at radius 3 is 2.55 bits per heavy atom. The third-order valence-electron chi connectivity index (χ3n) is 5.11. The molecule has 0 spiro atoms. The molecule has 1 N–H and O–H groups in total. The van der Waals surface area contributed by atoms with Gasteiger partial charge >= 0.3 is 5.97 Å². The number of rotatable bonds is 7. The Balaban J connectivity index is 1.80. The van der Waals surface area contributed by atoms with Crippen LogP contribution >= 0.6 is 0 Å². The number of hydrogen-bond donors (Lipinski definition) is 1. The number of nitrogens with zero attached hydrogens (tertiary/aromatic N) is 1. The van der Waals surface area contributed by atoms with Crippen LogP contribution in [0.5, 0.6) is 0 Å². The van der Waals surface area contributed by atoms with Gasteiger partial charge in [0.1, 0.15) is 0 Å². The van der Waals surface area contributed by atoms with Crippen molar-refractivity contribution < 1.29 is 22.7 Å². The van der Waals surface area contributed by atoms with Crippen molar-refractivity contribution in [1.29, 1.82) is 0 Å². The number of esters is 1. The highest BCUT2D eigenvalue weighted by molar-refractivity contribution is 7.92. The Hall–Kier alpha value is -2.87. The molecular formula is C23H28N2O5S. The van der Waals surface area contributed by atoms with Crippen LogP contribution in [0, 0.1) is 5.92 Å². The average Bonchev–Trinajstić information content (AvgIpc) is 3.08. The van der Waals surface area contributed by atoms with Crippen LogP contribution in [0.3, 0.4) is 0 Å². The normalized spacial score (nSPS) is 16.7. The molecule has 3 rings (SSSR count). The van der Waals surface area contributed by atoms with Gasteiger partial charge in [0.25, 0.3) is 15.9 Å². The Labute approximate surface area is 183 Å². The van der Waals surface area contributed by atoms with Crippen molar-refractivity contribution in [3.63, 3.8) is 0 Å². The van der Waals surface area contributed by atoms with Crippen molar-refractivity contribution >= 4 is 27.6 Å². The molecule has 1 aliphatic rings. The SMILES string of the molecule is CC(C)CNC(=O)C(C)OC(=O)c1cccc(S(=O)(=O)N2c3ccccc3CC2C)c1. The fraction of sp³-hybridized carbons (Fsp3) is 0.391. The summed E-state index contributed by atoms with van der Waals surface area (Å²) in [5.41, 5.74) is 1.69. The fourth-order valence-electron chi connectivity index (χ4n) is 3.53. The van der Waals surface area contributed by atoms with Crippen LogP contribution in [0.1, 0.15) is 43.6 Å². The van der Waals surface area contributed by atoms with E-state index in [1.807, 2.05) is 32.9 Å². The zero-order valence-electron chi connectivity index (χ0n) is 18.2. The van der Waals surface area contributed by atoms with Crippen molar-refractivity contribution in [2.45, 2.75) is 51.2 Å². The van der Waals surface area contributed by atoms with Crippen LogP contribution < -0.4 is 9.62 Å². The van der Waals surface area contributed by atoms with Gasteiger partial charge in [-0.25, -0.2) is 13.2 Å². The predicted molar refractivity (Wildman–Crippen MR) is 118 cm³/mol. The monoisotopic (exact) mass is 444 g/mol. The maximum absolute atomic E-state index is 13.4. The summed E-state index contributed by atoms with van der Waals surface area (Å²) in [5, 5.41) is 2.71. The Morgan fingerprint density at radius 2 is 1.84 bits per heavy atom. The number of benzene rings is 2. The standard InChI is InChI=1S/C23H28N2O5S/c1-15(2)14-24-22(26)17(4)30-23(27)19-9-7-10-20(13-19)31(28,29)25-16(3)12-18-8-5-6-11-21(18)25/h5-11,13,15-17H,12,14H2,1-4H3,(H,24,26). The van der Waals surface area contributed by atoms with E-state index >= 15 is 0 Å². The lowest BCUT2D eigenvalue weighted by Crippen LogP contribution is -2.37. The van der Waals surface area contributed by atoms with Gasteiger partial charge in [-0.15, -0.1) is 0 Å². The summed E-state index contributed by atoms with van der Waals surface area (Å²) in [7, 11) is -3.87. The molecule has 166 valence electrons. The number of anilines is 1. The second-order valence-electron chi connectivity index (χ2n) is 8.20. The van der Waals surface area contributed by atoms with E-state index in [1.54, 1.807) is 12.1 Å². The number of para-hydroxylation sites is 1. The van der Waals surface area contributed by atoms with Gasteiger partial charge in [-0.1, -0.05) is 38.1 Å². The molecule has 1 aliphatic heterocycles. The summed E-state index contributed by atoms with van der Waals surface area (Å²) < 4.78 is 33.4. The van der Waals surface area contributed by atoms with Gasteiger partial charge < -0.3 is 10.1 Å². The summed E-state index contributed by atoms with van der Waals surface area (Å²) in [4.78, 5) is 24.6. The van der Waals surface area contributed by atoms with Crippen LogP contribution in [0.15, 0.2) is 53.4 Å². The highest BCUT2D eigenvalue weighted by Gasteiger charge is 2.36. The first-order chi connectivity index (χ1) is 14.6. The molecule has 0 aliphatic carbocycles. The maximum atomic E-state index is 13.4. The zero-order valence-corrected chi connectivity index (χ0v) is 19.0. The van der Waals surface area contributed by atoms with E-state index in [2.05, 4.69) is 5.32 Å². The number of sulfonamides is 1. The molecule has 7 nitrogen and oxygen atoms in total. The number of carbonyl (C=O) groups is 2. The van der Waals surface area contributed by atoms with Crippen molar-refractivity contribution in [2.24, 2.45) is 5.92 Å². The number of carbonyl (C=O) groups excluding carboxylic acids is 2. The lowest BCUT2D eigenvalue weighted by Gasteiger charge is -2.24. The highest BCUT2D eigenvalue weighted by Crippen LogP contribution is 2.36. The minimum atomic E-state index is -3.87. The van der Waals surface area contributed by atoms with E-state index in [1.165, 1.54) is 35.5 Å². The van der Waals surface area contributed by atoms with E-state index < -0.39 is 28.0 Å². The van der Waals surface area contributed by atoms with Crippen molar-refractivity contribution in [3.05, 3.63) is 59.7 Å². The van der Waals surface area contributed by atoms with Crippen molar-refractivity contribution in [2.75, 3.05) is 10.8 Å². The first kappa shape index (κ1) is 22.8. The first-order valence-electron chi connectivity index (χ1n) is 10.3. The number of ether oxygens (including phenoxy) is 1. The van der Waals surface area contributed by atoms with Crippen LogP contribution in [0.2, 0.25) is 0 Å². The molecule has 1 amide bonds. The van der Waals surface area contributed by atoms with Gasteiger partial charge in [0.2, 0.25) is 0 Å². The second kappa shape index (κ2) is 9.09. The average molecular weight is 445 g/mol. The van der Waals surface area contributed by atoms with E-state index in [-0.39, 0.29) is 22.4 Å². The molecule has 31 heavy (non-hydrogen) atoms. The minimum Gasteiger partial charge on any atom is -0.449 e. The van der Waals surface area contributed by atoms with E-state index in [0.29, 0.717) is 18.7 Å².